The molecule has 24 heavy (non-hydrogen) atoms. The molecule has 0 radical (unpaired) electrons. The third-order valence-corrected chi connectivity index (χ3v) is 7.06. The Labute approximate surface area is 147 Å². The minimum Gasteiger partial charge on any atom is -0.378 e. The van der Waals surface area contributed by atoms with Gasteiger partial charge in [-0.2, -0.15) is 0 Å². The van der Waals surface area contributed by atoms with Gasteiger partial charge in [-0.25, -0.2) is 8.42 Å². The molecule has 0 aliphatic heterocycles. The summed E-state index contributed by atoms with van der Waals surface area (Å²) in [4.78, 5) is 12.0. The van der Waals surface area contributed by atoms with Gasteiger partial charge in [0.15, 0.2) is 9.84 Å². The Bertz CT molecular complexity index is 531. The standard InChI is InChI=1S/C18H34N2O3S/c1-14(11-13-24(22,23)18(3,4)5)20-15(2)17(21)19-12-7-6-8-16-9-10-16/h15-16,20H,1,6-13H2,2-5H3,(H,19,21). The third kappa shape index (κ3) is 7.69. The van der Waals surface area contributed by atoms with Crippen LogP contribution < -0.4 is 10.6 Å². The number of nitrogens with one attached hydrogen (secondary N) is 2. The van der Waals surface area contributed by atoms with Crippen molar-refractivity contribution in [3.63, 3.8) is 0 Å². The van der Waals surface area contributed by atoms with Crippen molar-refractivity contribution in [2.45, 2.75) is 77.0 Å². The lowest BCUT2D eigenvalue weighted by Gasteiger charge is -2.21. The molecule has 0 aromatic heterocycles. The van der Waals surface area contributed by atoms with E-state index in [1.807, 2.05) is 0 Å². The van der Waals surface area contributed by atoms with Gasteiger partial charge in [0.1, 0.15) is 6.04 Å². The van der Waals surface area contributed by atoms with Gasteiger partial charge in [-0.05, 0) is 40.0 Å². The van der Waals surface area contributed by atoms with Gasteiger partial charge in [0.2, 0.25) is 5.91 Å². The van der Waals surface area contributed by atoms with Crippen LogP contribution in [0, 0.1) is 5.92 Å². The minimum absolute atomic E-state index is 0.0395. The average Bonchev–Trinajstić information content (AvgIpc) is 3.27. The fraction of sp³-hybridized carbons (Fsp3) is 0.833. The van der Waals surface area contributed by atoms with Crippen molar-refractivity contribution in [3.8, 4) is 0 Å². The normalized spacial score (nSPS) is 16.5. The monoisotopic (exact) mass is 358 g/mol. The molecule has 1 unspecified atom stereocenters. The predicted molar refractivity (Wildman–Crippen MR) is 99.5 cm³/mol. The minimum atomic E-state index is -3.17. The highest BCUT2D eigenvalue weighted by molar-refractivity contribution is 7.92. The van der Waals surface area contributed by atoms with Crippen LogP contribution in [-0.2, 0) is 14.6 Å². The lowest BCUT2D eigenvalue weighted by Crippen LogP contribution is -2.42. The first-order chi connectivity index (χ1) is 11.0. The molecule has 0 aromatic carbocycles. The van der Waals surface area contributed by atoms with E-state index in [0.717, 1.165) is 12.3 Å². The summed E-state index contributed by atoms with van der Waals surface area (Å²) in [6, 6.07) is -0.404. The van der Waals surface area contributed by atoms with E-state index >= 15 is 0 Å². The van der Waals surface area contributed by atoms with Crippen LogP contribution in [0.2, 0.25) is 0 Å². The van der Waals surface area contributed by atoms with Gasteiger partial charge in [0, 0.05) is 18.7 Å². The second-order valence-corrected chi connectivity index (χ2v) is 10.7. The van der Waals surface area contributed by atoms with E-state index in [2.05, 4.69) is 17.2 Å². The fourth-order valence-electron chi connectivity index (χ4n) is 2.34. The molecule has 1 rings (SSSR count). The van der Waals surface area contributed by atoms with Gasteiger partial charge in [0.25, 0.3) is 0 Å². The number of unbranched alkanes of at least 4 members (excludes halogenated alkanes) is 1. The van der Waals surface area contributed by atoms with Gasteiger partial charge in [-0.1, -0.05) is 32.3 Å². The van der Waals surface area contributed by atoms with Crippen LogP contribution in [0.4, 0.5) is 0 Å². The van der Waals surface area contributed by atoms with Crippen LogP contribution in [0.5, 0.6) is 0 Å². The van der Waals surface area contributed by atoms with Gasteiger partial charge >= 0.3 is 0 Å². The molecule has 6 heteroatoms. The SMILES string of the molecule is C=C(CCS(=O)(=O)C(C)(C)C)NC(C)C(=O)NCCCCC1CC1. The van der Waals surface area contributed by atoms with Crippen LogP contribution in [-0.4, -0.2) is 37.4 Å². The zero-order valence-corrected chi connectivity index (χ0v) is 16.5. The molecule has 0 aromatic rings. The Hall–Kier alpha value is -1.04. The first-order valence-electron chi connectivity index (χ1n) is 8.97. The number of carbonyl (C=O) groups is 1. The summed E-state index contributed by atoms with van der Waals surface area (Å²) in [5.41, 5.74) is 0.583. The van der Waals surface area contributed by atoms with Crippen molar-refractivity contribution in [1.82, 2.24) is 10.6 Å². The largest absolute Gasteiger partial charge is 0.378 e. The van der Waals surface area contributed by atoms with Crippen molar-refractivity contribution in [2.24, 2.45) is 5.92 Å². The van der Waals surface area contributed by atoms with Crippen LogP contribution in [0.3, 0.4) is 0 Å². The van der Waals surface area contributed by atoms with E-state index in [4.69, 9.17) is 0 Å². The molecular weight excluding hydrogens is 324 g/mol. The summed E-state index contributed by atoms with van der Waals surface area (Å²) in [6.07, 6.45) is 6.53. The molecule has 1 aliphatic carbocycles. The number of amides is 1. The first kappa shape index (κ1) is 21.0. The quantitative estimate of drug-likeness (QED) is 0.557. The number of rotatable bonds is 11. The summed E-state index contributed by atoms with van der Waals surface area (Å²) in [6.45, 7) is 11.4. The van der Waals surface area contributed by atoms with Gasteiger partial charge in [-0.15, -0.1) is 0 Å². The lowest BCUT2D eigenvalue weighted by molar-refractivity contribution is -0.122. The molecule has 1 atom stereocenters. The number of hydrogen-bond acceptors (Lipinski definition) is 4. The molecule has 1 aliphatic rings. The van der Waals surface area contributed by atoms with E-state index in [1.54, 1.807) is 27.7 Å². The Kier molecular flexibility index (Phi) is 7.77. The second kappa shape index (κ2) is 8.88. The van der Waals surface area contributed by atoms with Gasteiger partial charge in [0.05, 0.1) is 10.5 Å². The third-order valence-electron chi connectivity index (χ3n) is 4.45. The van der Waals surface area contributed by atoms with Crippen LogP contribution in [0.15, 0.2) is 12.3 Å². The summed E-state index contributed by atoms with van der Waals surface area (Å²) >= 11 is 0. The zero-order chi connectivity index (χ0) is 18.4. The van der Waals surface area contributed by atoms with E-state index in [-0.39, 0.29) is 11.7 Å². The smallest absolute Gasteiger partial charge is 0.242 e. The second-order valence-electron chi connectivity index (χ2n) is 7.88. The number of carbonyl (C=O) groups excluding carboxylic acids is 1. The highest BCUT2D eigenvalue weighted by Crippen LogP contribution is 2.33. The van der Waals surface area contributed by atoms with Crippen molar-refractivity contribution in [1.29, 1.82) is 0 Å². The Balaban J connectivity index is 2.20. The Morgan fingerprint density at radius 1 is 1.25 bits per heavy atom. The molecule has 1 amide bonds. The first-order valence-corrected chi connectivity index (χ1v) is 10.6. The van der Waals surface area contributed by atoms with Crippen LogP contribution >= 0.6 is 0 Å². The maximum absolute atomic E-state index is 12.1. The van der Waals surface area contributed by atoms with Crippen molar-refractivity contribution in [2.75, 3.05) is 12.3 Å². The molecule has 5 nitrogen and oxygen atoms in total. The number of sulfone groups is 1. The summed E-state index contributed by atoms with van der Waals surface area (Å²) in [5, 5.41) is 5.92. The maximum atomic E-state index is 12.1. The van der Waals surface area contributed by atoms with Crippen molar-refractivity contribution in [3.05, 3.63) is 12.3 Å². The van der Waals surface area contributed by atoms with E-state index in [1.165, 1.54) is 25.7 Å². The Morgan fingerprint density at radius 3 is 2.42 bits per heavy atom. The molecule has 0 spiro atoms. The molecule has 0 saturated heterocycles. The topological polar surface area (TPSA) is 75.3 Å². The van der Waals surface area contributed by atoms with Gasteiger partial charge in [-0.3, -0.25) is 4.79 Å². The molecule has 1 fully saturated rings. The zero-order valence-electron chi connectivity index (χ0n) is 15.7. The van der Waals surface area contributed by atoms with E-state index in [9.17, 15) is 13.2 Å². The predicted octanol–water partition coefficient (Wildman–Crippen LogP) is 2.78. The van der Waals surface area contributed by atoms with Crippen LogP contribution in [0.25, 0.3) is 0 Å². The fourth-order valence-corrected chi connectivity index (χ4v) is 3.46. The highest BCUT2D eigenvalue weighted by atomic mass is 32.2. The van der Waals surface area contributed by atoms with E-state index in [0.29, 0.717) is 18.7 Å². The molecule has 0 heterocycles. The Morgan fingerprint density at radius 2 is 1.88 bits per heavy atom. The van der Waals surface area contributed by atoms with Crippen molar-refractivity contribution >= 4 is 15.7 Å². The average molecular weight is 359 g/mol. The molecule has 2 N–H and O–H groups in total. The molecule has 0 bridgehead atoms. The summed E-state index contributed by atoms with van der Waals surface area (Å²) in [5.74, 6) is 0.910. The molecule has 140 valence electrons. The highest BCUT2D eigenvalue weighted by Gasteiger charge is 2.28. The van der Waals surface area contributed by atoms with Crippen molar-refractivity contribution < 1.29 is 13.2 Å². The number of hydrogen-bond donors (Lipinski definition) is 2. The van der Waals surface area contributed by atoms with Crippen LogP contribution in [0.1, 0.15) is 66.2 Å². The van der Waals surface area contributed by atoms with Gasteiger partial charge < -0.3 is 10.6 Å². The van der Waals surface area contributed by atoms with E-state index < -0.39 is 20.6 Å². The number of allylic oxidation sites excluding steroid dienone is 1. The lowest BCUT2D eigenvalue weighted by atomic mass is 10.2. The molecule has 1 saturated carbocycles. The summed E-state index contributed by atoms with van der Waals surface area (Å²) in [7, 11) is -3.17. The maximum Gasteiger partial charge on any atom is 0.242 e. The molecular formula is C18H34N2O3S. The summed E-state index contributed by atoms with van der Waals surface area (Å²) < 4.78 is 23.4.